The highest BCUT2D eigenvalue weighted by molar-refractivity contribution is 5.95. The predicted octanol–water partition coefficient (Wildman–Crippen LogP) is -0.142. The van der Waals surface area contributed by atoms with Gasteiger partial charge in [-0.05, 0) is 71.5 Å². The number of carbonyl (C=O) groups excluding carboxylic acids is 4. The van der Waals surface area contributed by atoms with E-state index in [1.807, 2.05) is 30.3 Å². The van der Waals surface area contributed by atoms with Crippen LogP contribution >= 0.6 is 0 Å². The smallest absolute Gasteiger partial charge is 0.326 e. The number of hydrogen-bond acceptors (Lipinski definition) is 7. The van der Waals surface area contributed by atoms with Crippen LogP contribution in [-0.2, 0) is 30.4 Å². The monoisotopic (exact) mass is 560 g/mol. The maximum absolute atomic E-state index is 13.4. The molecule has 1 fully saturated rings. The van der Waals surface area contributed by atoms with Gasteiger partial charge in [0.25, 0.3) is 0 Å². The lowest BCUT2D eigenvalue weighted by atomic mass is 10.1. The molecule has 222 valence electrons. The summed E-state index contributed by atoms with van der Waals surface area (Å²) in [6, 6.07) is 5.33. The molecule has 0 aliphatic carbocycles. The summed E-state index contributed by atoms with van der Waals surface area (Å²) in [7, 11) is 3.14. The molecular weight excluding hydrogens is 516 g/mol. The van der Waals surface area contributed by atoms with Crippen molar-refractivity contribution in [2.75, 3.05) is 27.2 Å². The molecule has 12 nitrogen and oxygen atoms in total. The third-order valence-electron chi connectivity index (χ3n) is 7.37. The number of carboxylic acids is 1. The lowest BCUT2D eigenvalue weighted by Gasteiger charge is -2.32. The molecule has 1 aliphatic heterocycles. The van der Waals surface area contributed by atoms with Crippen molar-refractivity contribution in [3.05, 3.63) is 35.9 Å². The molecule has 0 radical (unpaired) electrons. The van der Waals surface area contributed by atoms with Crippen molar-refractivity contribution >= 4 is 29.6 Å². The first-order valence-electron chi connectivity index (χ1n) is 13.8. The zero-order chi connectivity index (χ0) is 29.8. The van der Waals surface area contributed by atoms with E-state index in [0.717, 1.165) is 5.56 Å². The van der Waals surface area contributed by atoms with Crippen LogP contribution in [0.4, 0.5) is 0 Å². The second-order valence-electron chi connectivity index (χ2n) is 10.3. The Kier molecular flexibility index (Phi) is 13.0. The van der Waals surface area contributed by atoms with Crippen molar-refractivity contribution < 1.29 is 29.1 Å². The summed E-state index contributed by atoms with van der Waals surface area (Å²) < 4.78 is 0. The van der Waals surface area contributed by atoms with E-state index in [2.05, 4.69) is 16.0 Å². The van der Waals surface area contributed by atoms with E-state index in [1.54, 1.807) is 14.0 Å². The lowest BCUT2D eigenvalue weighted by molar-refractivity contribution is -0.148. The third-order valence-corrected chi connectivity index (χ3v) is 7.37. The summed E-state index contributed by atoms with van der Waals surface area (Å²) in [5.41, 5.74) is 6.44. The lowest BCUT2D eigenvalue weighted by Crippen LogP contribution is -2.57. The first-order chi connectivity index (χ1) is 19.0. The van der Waals surface area contributed by atoms with Crippen molar-refractivity contribution in [2.24, 2.45) is 5.73 Å². The van der Waals surface area contributed by atoms with Gasteiger partial charge in [0.15, 0.2) is 0 Å². The molecule has 12 heteroatoms. The molecule has 2 rings (SSSR count). The largest absolute Gasteiger partial charge is 0.480 e. The summed E-state index contributed by atoms with van der Waals surface area (Å²) in [5, 5.41) is 17.7. The summed E-state index contributed by atoms with van der Waals surface area (Å²) in [4.78, 5) is 66.6. The SMILES string of the molecule is CN[C@@H](Cc1ccccc1)C(=O)N[C@@H](C)C(=O)N1CCC[C@H]1C(=O)N(C)[C@@H](C)C(=O)N[C@@H](CCCCN)C(=O)O. The van der Waals surface area contributed by atoms with Gasteiger partial charge in [0.2, 0.25) is 23.6 Å². The van der Waals surface area contributed by atoms with Crippen LogP contribution in [0.2, 0.25) is 0 Å². The highest BCUT2D eigenvalue weighted by atomic mass is 16.4. The number of nitrogens with zero attached hydrogens (tertiary/aromatic N) is 2. The zero-order valence-corrected chi connectivity index (χ0v) is 23.9. The maximum Gasteiger partial charge on any atom is 0.326 e. The topological polar surface area (TPSA) is 174 Å². The van der Waals surface area contributed by atoms with Crippen LogP contribution in [0.25, 0.3) is 0 Å². The first kappa shape index (κ1) is 32.7. The fourth-order valence-corrected chi connectivity index (χ4v) is 4.73. The number of aliphatic carboxylic acids is 1. The maximum atomic E-state index is 13.4. The normalized spacial score (nSPS) is 17.8. The Morgan fingerprint density at radius 2 is 1.73 bits per heavy atom. The standard InChI is InChI=1S/C28H44N6O6/c1-18(31-25(36)22(30-3)17-20-11-6-5-7-12-20)26(37)34-16-10-14-23(34)27(38)33(4)19(2)24(35)32-21(28(39)40)13-8-9-15-29/h5-7,11-12,18-19,21-23,30H,8-10,13-17,29H2,1-4H3,(H,31,36)(H,32,35)(H,39,40)/t18-,19-,21-,22-,23-/m0/s1. The highest BCUT2D eigenvalue weighted by Gasteiger charge is 2.40. The molecule has 0 unspecified atom stereocenters. The molecule has 0 bridgehead atoms. The fraction of sp³-hybridized carbons (Fsp3) is 0.607. The van der Waals surface area contributed by atoms with Crippen LogP contribution in [0, 0.1) is 0 Å². The van der Waals surface area contributed by atoms with Crippen molar-refractivity contribution in [3.8, 4) is 0 Å². The number of carboxylic acid groups (broad SMARTS) is 1. The quantitative estimate of drug-likeness (QED) is 0.184. The Hall–Kier alpha value is -3.51. The number of rotatable bonds is 15. The molecule has 1 aromatic carbocycles. The van der Waals surface area contributed by atoms with Gasteiger partial charge in [0, 0.05) is 13.6 Å². The number of likely N-dealkylation sites (tertiary alicyclic amines) is 1. The summed E-state index contributed by atoms with van der Waals surface area (Å²) in [6.45, 7) is 3.88. The van der Waals surface area contributed by atoms with Crippen LogP contribution in [0.1, 0.15) is 51.5 Å². The molecule has 1 aromatic rings. The average molecular weight is 561 g/mol. The number of likely N-dealkylation sites (N-methyl/N-ethyl adjacent to an activating group) is 2. The molecule has 0 spiro atoms. The second-order valence-corrected chi connectivity index (χ2v) is 10.3. The van der Waals surface area contributed by atoms with Gasteiger partial charge in [-0.15, -0.1) is 0 Å². The van der Waals surface area contributed by atoms with Crippen molar-refractivity contribution in [2.45, 2.75) is 82.6 Å². The molecule has 0 aromatic heterocycles. The van der Waals surface area contributed by atoms with Crippen LogP contribution in [0.5, 0.6) is 0 Å². The van der Waals surface area contributed by atoms with Gasteiger partial charge >= 0.3 is 5.97 Å². The van der Waals surface area contributed by atoms with Gasteiger partial charge in [-0.1, -0.05) is 30.3 Å². The Morgan fingerprint density at radius 1 is 1.05 bits per heavy atom. The third kappa shape index (κ3) is 9.02. The van der Waals surface area contributed by atoms with Gasteiger partial charge in [0.1, 0.15) is 24.2 Å². The molecule has 6 N–H and O–H groups in total. The minimum Gasteiger partial charge on any atom is -0.480 e. The Morgan fingerprint density at radius 3 is 2.33 bits per heavy atom. The Balaban J connectivity index is 1.99. The molecule has 1 aliphatic rings. The van der Waals surface area contributed by atoms with Gasteiger partial charge in [0.05, 0.1) is 6.04 Å². The highest BCUT2D eigenvalue weighted by Crippen LogP contribution is 2.21. The number of benzene rings is 1. The van der Waals surface area contributed by atoms with E-state index >= 15 is 0 Å². The van der Waals surface area contributed by atoms with Gasteiger partial charge in [-0.2, -0.15) is 0 Å². The van der Waals surface area contributed by atoms with Crippen LogP contribution in [0.3, 0.4) is 0 Å². The van der Waals surface area contributed by atoms with Crippen LogP contribution in [-0.4, -0.2) is 102 Å². The van der Waals surface area contributed by atoms with E-state index in [0.29, 0.717) is 45.2 Å². The zero-order valence-electron chi connectivity index (χ0n) is 23.9. The fourth-order valence-electron chi connectivity index (χ4n) is 4.73. The van der Waals surface area contributed by atoms with Gasteiger partial charge in [-0.25, -0.2) is 4.79 Å². The van der Waals surface area contributed by atoms with Crippen molar-refractivity contribution in [1.82, 2.24) is 25.8 Å². The van der Waals surface area contributed by atoms with Crippen LogP contribution in [0.15, 0.2) is 30.3 Å². The van der Waals surface area contributed by atoms with Gasteiger partial charge in [-0.3, -0.25) is 19.2 Å². The molecule has 0 saturated carbocycles. The molecule has 1 heterocycles. The predicted molar refractivity (Wildman–Crippen MR) is 150 cm³/mol. The second kappa shape index (κ2) is 15.9. The van der Waals surface area contributed by atoms with E-state index in [-0.39, 0.29) is 18.2 Å². The average Bonchev–Trinajstić information content (AvgIpc) is 3.44. The Labute approximate surface area is 236 Å². The molecule has 5 atom stereocenters. The molecule has 40 heavy (non-hydrogen) atoms. The first-order valence-corrected chi connectivity index (χ1v) is 13.8. The van der Waals surface area contributed by atoms with Crippen molar-refractivity contribution in [3.63, 3.8) is 0 Å². The van der Waals surface area contributed by atoms with Gasteiger partial charge < -0.3 is 36.6 Å². The van der Waals surface area contributed by atoms with Crippen LogP contribution < -0.4 is 21.7 Å². The summed E-state index contributed by atoms with van der Waals surface area (Å²) >= 11 is 0. The molecule has 1 saturated heterocycles. The summed E-state index contributed by atoms with van der Waals surface area (Å²) in [6.07, 6.45) is 2.90. The number of nitrogens with two attached hydrogens (primary N) is 1. The van der Waals surface area contributed by atoms with E-state index in [1.165, 1.54) is 23.8 Å². The number of nitrogens with one attached hydrogen (secondary N) is 3. The minimum absolute atomic E-state index is 0.233. The van der Waals surface area contributed by atoms with E-state index < -0.39 is 48.0 Å². The number of hydrogen-bond donors (Lipinski definition) is 5. The minimum atomic E-state index is -1.15. The summed E-state index contributed by atoms with van der Waals surface area (Å²) in [5.74, 6) is -2.87. The van der Waals surface area contributed by atoms with Crippen molar-refractivity contribution in [1.29, 1.82) is 0 Å². The van der Waals surface area contributed by atoms with E-state index in [9.17, 15) is 29.1 Å². The Bertz CT molecular complexity index is 1020. The number of amides is 4. The van der Waals surface area contributed by atoms with E-state index in [4.69, 9.17) is 5.73 Å². The molecule has 4 amide bonds. The number of unbranched alkanes of at least 4 members (excludes halogenated alkanes) is 1. The molecular formula is C28H44N6O6. The number of carbonyl (C=O) groups is 5.